The molecule has 9 nitrogen and oxygen atoms in total. The molecule has 2 N–H and O–H groups in total. The summed E-state index contributed by atoms with van der Waals surface area (Å²) in [6.07, 6.45) is 8.31. The van der Waals surface area contributed by atoms with E-state index in [0.717, 1.165) is 44.9 Å². The van der Waals surface area contributed by atoms with E-state index in [1.54, 1.807) is 11.1 Å². The first-order valence-corrected chi connectivity index (χ1v) is 11.7. The minimum absolute atomic E-state index is 0.0000601. The van der Waals surface area contributed by atoms with Gasteiger partial charge in [0.15, 0.2) is 5.82 Å². The molecule has 1 atom stereocenters. The first kappa shape index (κ1) is 27.1. The van der Waals surface area contributed by atoms with Crippen LogP contribution < -0.4 is 15.8 Å². The van der Waals surface area contributed by atoms with Crippen molar-refractivity contribution in [2.75, 3.05) is 31.2 Å². The van der Waals surface area contributed by atoms with Crippen LogP contribution in [0.5, 0.6) is 0 Å². The number of hydrogen-bond donors (Lipinski definition) is 2. The van der Waals surface area contributed by atoms with Crippen molar-refractivity contribution >= 4 is 17.8 Å². The number of hydrazine groups is 1. The summed E-state index contributed by atoms with van der Waals surface area (Å²) >= 11 is 0. The normalized spacial score (nSPS) is 11.3. The van der Waals surface area contributed by atoms with E-state index >= 15 is 0 Å². The predicted molar refractivity (Wildman–Crippen MR) is 126 cm³/mol. The zero-order valence-electron chi connectivity index (χ0n) is 20.1. The summed E-state index contributed by atoms with van der Waals surface area (Å²) in [7, 11) is 0. The summed E-state index contributed by atoms with van der Waals surface area (Å²) in [5, 5.41) is 13.7. The fourth-order valence-corrected chi connectivity index (χ4v) is 3.09. The quantitative estimate of drug-likeness (QED) is 0.315. The summed E-state index contributed by atoms with van der Waals surface area (Å²) in [5.74, 6) is 0.926. The van der Waals surface area contributed by atoms with Gasteiger partial charge in [-0.15, -0.1) is 0 Å². The molecule has 178 valence electrons. The van der Waals surface area contributed by atoms with Crippen LogP contribution >= 0.6 is 0 Å². The third-order valence-electron chi connectivity index (χ3n) is 5.24. The first-order chi connectivity index (χ1) is 15.4. The summed E-state index contributed by atoms with van der Waals surface area (Å²) < 4.78 is 0. The number of urea groups is 1. The zero-order valence-corrected chi connectivity index (χ0v) is 20.1. The van der Waals surface area contributed by atoms with Crippen LogP contribution in [0.15, 0.2) is 12.3 Å². The second-order valence-corrected chi connectivity index (χ2v) is 8.13. The lowest BCUT2D eigenvalue weighted by atomic mass is 10.1. The molecular formula is C23H39N7O2. The standard InChI is InChI=1S/C23H39N7O2/c1-5-7-15-29(16-11-9-8-10-13-25-20(4)31)23(32)28-30(18-19(3)6-2)22-12-14-26-21(17-24)27-22/h12,14,19H,5-11,13,15-16,18H2,1-4H3,(H,25,31)(H,28,32). The number of unbranched alkanes of at least 4 members (excludes halogenated alkanes) is 4. The van der Waals surface area contributed by atoms with Crippen molar-refractivity contribution in [2.45, 2.75) is 72.6 Å². The zero-order chi connectivity index (χ0) is 23.8. The van der Waals surface area contributed by atoms with Crippen LogP contribution in [0, 0.1) is 17.2 Å². The van der Waals surface area contributed by atoms with Crippen molar-refractivity contribution in [2.24, 2.45) is 5.92 Å². The summed E-state index contributed by atoms with van der Waals surface area (Å²) in [5.41, 5.74) is 3.01. The van der Waals surface area contributed by atoms with Crippen molar-refractivity contribution in [3.63, 3.8) is 0 Å². The molecule has 1 aromatic heterocycles. The molecule has 1 heterocycles. The van der Waals surface area contributed by atoms with E-state index < -0.39 is 0 Å². The molecule has 0 radical (unpaired) electrons. The molecule has 1 unspecified atom stereocenters. The molecule has 32 heavy (non-hydrogen) atoms. The molecule has 0 aliphatic carbocycles. The Hall–Kier alpha value is -2.89. The number of rotatable bonds is 15. The van der Waals surface area contributed by atoms with Gasteiger partial charge >= 0.3 is 6.03 Å². The summed E-state index contributed by atoms with van der Waals surface area (Å²) in [4.78, 5) is 34.1. The van der Waals surface area contributed by atoms with E-state index in [1.807, 2.05) is 11.0 Å². The molecule has 0 aromatic carbocycles. The highest BCUT2D eigenvalue weighted by Gasteiger charge is 2.19. The molecule has 0 bridgehead atoms. The van der Waals surface area contributed by atoms with Gasteiger partial charge in [-0.25, -0.2) is 15.2 Å². The number of nitrogens with zero attached hydrogens (tertiary/aromatic N) is 5. The number of anilines is 1. The highest BCUT2D eigenvalue weighted by molar-refractivity contribution is 5.76. The lowest BCUT2D eigenvalue weighted by molar-refractivity contribution is -0.118. The topological polar surface area (TPSA) is 114 Å². The van der Waals surface area contributed by atoms with Gasteiger partial charge in [0.25, 0.3) is 0 Å². The van der Waals surface area contributed by atoms with Crippen LogP contribution in [0.1, 0.15) is 78.5 Å². The maximum absolute atomic E-state index is 13.1. The van der Waals surface area contributed by atoms with Crippen LogP contribution in [-0.2, 0) is 4.79 Å². The Bertz CT molecular complexity index is 735. The lowest BCUT2D eigenvalue weighted by Crippen LogP contribution is -2.51. The van der Waals surface area contributed by atoms with Gasteiger partial charge < -0.3 is 10.2 Å². The third-order valence-corrected chi connectivity index (χ3v) is 5.24. The second kappa shape index (κ2) is 15.8. The van der Waals surface area contributed by atoms with Gasteiger partial charge in [-0.3, -0.25) is 9.80 Å². The first-order valence-electron chi connectivity index (χ1n) is 11.7. The molecule has 1 rings (SSSR count). The van der Waals surface area contributed by atoms with Crippen LogP contribution in [0.3, 0.4) is 0 Å². The van der Waals surface area contributed by atoms with Crippen LogP contribution in [0.25, 0.3) is 0 Å². The number of nitrogens with one attached hydrogen (secondary N) is 2. The Morgan fingerprint density at radius 2 is 1.88 bits per heavy atom. The lowest BCUT2D eigenvalue weighted by Gasteiger charge is -2.31. The predicted octanol–water partition coefficient (Wildman–Crippen LogP) is 3.62. The Morgan fingerprint density at radius 1 is 1.16 bits per heavy atom. The van der Waals surface area contributed by atoms with Gasteiger partial charge in [-0.05, 0) is 25.2 Å². The number of amides is 3. The second-order valence-electron chi connectivity index (χ2n) is 8.13. The average molecular weight is 446 g/mol. The minimum atomic E-state index is -0.155. The van der Waals surface area contributed by atoms with Crippen molar-refractivity contribution in [3.05, 3.63) is 18.1 Å². The monoisotopic (exact) mass is 445 g/mol. The number of carbonyl (C=O) groups is 2. The molecular weight excluding hydrogens is 406 g/mol. The van der Waals surface area contributed by atoms with E-state index in [1.165, 1.54) is 13.1 Å². The number of carbonyl (C=O) groups excluding carboxylic acids is 2. The van der Waals surface area contributed by atoms with Gasteiger partial charge in [-0.1, -0.05) is 46.5 Å². The molecule has 1 aromatic rings. The number of aromatic nitrogens is 2. The Kier molecular flexibility index (Phi) is 13.4. The van der Waals surface area contributed by atoms with Gasteiger partial charge in [0.2, 0.25) is 11.7 Å². The maximum Gasteiger partial charge on any atom is 0.336 e. The van der Waals surface area contributed by atoms with Crippen molar-refractivity contribution in [1.82, 2.24) is 25.6 Å². The molecule has 0 fully saturated rings. The van der Waals surface area contributed by atoms with Crippen LogP contribution in [0.2, 0.25) is 0 Å². The average Bonchev–Trinajstić information content (AvgIpc) is 2.79. The highest BCUT2D eigenvalue weighted by Crippen LogP contribution is 2.13. The van der Waals surface area contributed by atoms with Gasteiger partial charge in [0.05, 0.1) is 0 Å². The van der Waals surface area contributed by atoms with E-state index in [0.29, 0.717) is 37.9 Å². The van der Waals surface area contributed by atoms with Crippen molar-refractivity contribution < 1.29 is 9.59 Å². The molecule has 3 amide bonds. The van der Waals surface area contributed by atoms with E-state index in [9.17, 15) is 9.59 Å². The highest BCUT2D eigenvalue weighted by atomic mass is 16.2. The fraction of sp³-hybridized carbons (Fsp3) is 0.696. The third kappa shape index (κ3) is 10.9. The number of nitriles is 1. The smallest absolute Gasteiger partial charge is 0.336 e. The van der Waals surface area contributed by atoms with Gasteiger partial charge in [0, 0.05) is 45.4 Å². The van der Waals surface area contributed by atoms with E-state index in [4.69, 9.17) is 5.26 Å². The molecule has 0 saturated heterocycles. The summed E-state index contributed by atoms with van der Waals surface area (Å²) in [6.45, 7) is 10.5. The fourth-order valence-electron chi connectivity index (χ4n) is 3.09. The van der Waals surface area contributed by atoms with Crippen LogP contribution in [-0.4, -0.2) is 53.0 Å². The van der Waals surface area contributed by atoms with Gasteiger partial charge in [0.1, 0.15) is 6.07 Å². The SMILES string of the molecule is CCCCN(CCCCCCNC(C)=O)C(=O)NN(CC(C)CC)c1ccnc(C#N)n1. The van der Waals surface area contributed by atoms with Crippen molar-refractivity contribution in [1.29, 1.82) is 5.26 Å². The van der Waals surface area contributed by atoms with Crippen LogP contribution in [0.4, 0.5) is 10.6 Å². The van der Waals surface area contributed by atoms with Gasteiger partial charge in [-0.2, -0.15) is 10.2 Å². The largest absolute Gasteiger partial charge is 0.356 e. The molecule has 0 aliphatic rings. The van der Waals surface area contributed by atoms with E-state index in [2.05, 4.69) is 41.5 Å². The Balaban J connectivity index is 2.73. The van der Waals surface area contributed by atoms with Crippen molar-refractivity contribution in [3.8, 4) is 6.07 Å². The minimum Gasteiger partial charge on any atom is -0.356 e. The Labute approximate surface area is 192 Å². The molecule has 0 aliphatic heterocycles. The molecule has 0 spiro atoms. The van der Waals surface area contributed by atoms with E-state index in [-0.39, 0.29) is 17.8 Å². The Morgan fingerprint density at radius 3 is 2.53 bits per heavy atom. The molecule has 9 heteroatoms. The maximum atomic E-state index is 13.1. The number of hydrogen-bond acceptors (Lipinski definition) is 6. The molecule has 0 saturated carbocycles. The summed E-state index contributed by atoms with van der Waals surface area (Å²) in [6, 6.07) is 3.50.